The van der Waals surface area contributed by atoms with Crippen molar-refractivity contribution >= 4 is 69.5 Å². The summed E-state index contributed by atoms with van der Waals surface area (Å²) in [5.41, 5.74) is 14.4. The second-order valence-corrected chi connectivity index (χ2v) is 15.7. The van der Waals surface area contributed by atoms with Crippen LogP contribution in [0.2, 0.25) is 0 Å². The highest BCUT2D eigenvalue weighted by molar-refractivity contribution is 7.86. The molecule has 1 fully saturated rings. The van der Waals surface area contributed by atoms with Crippen LogP contribution in [0.1, 0.15) is 60.0 Å². The normalized spacial score (nSPS) is 18.8. The number of hydrogen-bond donors (Lipinski definition) is 11. The lowest BCUT2D eigenvalue weighted by atomic mass is 10.0. The number of carbonyl (C=O) groups excluding carboxylic acids is 6. The highest BCUT2D eigenvalue weighted by atomic mass is 32.2. The molecule has 342 valence electrons. The van der Waals surface area contributed by atoms with Crippen LogP contribution >= 0.6 is 0 Å². The predicted octanol–water partition coefficient (Wildman–Crippen LogP) is -1.49. The van der Waals surface area contributed by atoms with Crippen LogP contribution in [0, 0.1) is 0 Å². The van der Waals surface area contributed by atoms with Crippen molar-refractivity contribution in [2.24, 2.45) is 21.6 Å². The molecule has 2 heterocycles. The Morgan fingerprint density at radius 2 is 1.44 bits per heavy atom. The summed E-state index contributed by atoms with van der Waals surface area (Å²) >= 11 is 0. The highest BCUT2D eigenvalue weighted by Gasteiger charge is 2.33. The van der Waals surface area contributed by atoms with Crippen molar-refractivity contribution in [2.45, 2.75) is 74.0 Å². The quantitative estimate of drug-likeness (QED) is 0.0228. The standard InChI is InChI=1S/C40H50N12O11S/c41-40(42)44-18-8-13-27-37(58)49-28(12-6-7-17-43-35(56)26-15-16-32(45-21-26)52-47-22-25-11-4-5-14-31(25)64(61,62)63)38(59)50-29(19-24-9-2-1-3-10-24)39(60)51-30(20-34(54)55)36(57)46-23-33(53)48-27/h1-5,9-11,14-16,21-22,27-30H,6-8,12-13,17-20,23H2,(H,43,56)(H,45,52)(H,46,57)(H,48,53)(H,49,58)(H,50,59)(H,51,60)(H,54,55)(H4,41,42,44)(H,61,62,63)/b47-22+/t27?,28-,29-,30-/m1/s1. The summed E-state index contributed by atoms with van der Waals surface area (Å²) in [6, 6.07) is 11.7. The van der Waals surface area contributed by atoms with E-state index in [1.54, 1.807) is 36.4 Å². The molecule has 0 bridgehead atoms. The van der Waals surface area contributed by atoms with Gasteiger partial charge in [-0.15, -0.1) is 0 Å². The van der Waals surface area contributed by atoms with Crippen molar-refractivity contribution in [2.75, 3.05) is 25.1 Å². The van der Waals surface area contributed by atoms with E-state index in [1.807, 2.05) is 0 Å². The highest BCUT2D eigenvalue weighted by Crippen LogP contribution is 2.14. The molecule has 3 aromatic rings. The first-order valence-corrected chi connectivity index (χ1v) is 21.3. The van der Waals surface area contributed by atoms with E-state index in [-0.39, 0.29) is 73.0 Å². The molecule has 2 aromatic carbocycles. The molecule has 1 saturated heterocycles. The third kappa shape index (κ3) is 16.4. The molecule has 64 heavy (non-hydrogen) atoms. The Labute approximate surface area is 367 Å². The van der Waals surface area contributed by atoms with Crippen LogP contribution in [0.5, 0.6) is 0 Å². The number of carboxylic acid groups (broad SMARTS) is 1. The smallest absolute Gasteiger partial charge is 0.305 e. The predicted molar refractivity (Wildman–Crippen MR) is 231 cm³/mol. The fourth-order valence-corrected chi connectivity index (χ4v) is 6.87. The molecule has 6 amide bonds. The zero-order chi connectivity index (χ0) is 46.6. The summed E-state index contributed by atoms with van der Waals surface area (Å²) in [6.07, 6.45) is 2.34. The van der Waals surface area contributed by atoms with Crippen LogP contribution in [0.4, 0.5) is 5.82 Å². The van der Waals surface area contributed by atoms with Gasteiger partial charge in [-0.05, 0) is 55.9 Å². The number of nitrogens with one attached hydrogen (secondary N) is 7. The number of pyridine rings is 1. The van der Waals surface area contributed by atoms with Crippen molar-refractivity contribution in [3.63, 3.8) is 0 Å². The summed E-state index contributed by atoms with van der Waals surface area (Å²) in [5, 5.41) is 28.7. The average molecular weight is 907 g/mol. The second kappa shape index (κ2) is 24.2. The Morgan fingerprint density at radius 3 is 2.11 bits per heavy atom. The second-order valence-electron chi connectivity index (χ2n) is 14.3. The molecule has 0 spiro atoms. The van der Waals surface area contributed by atoms with Gasteiger partial charge in [-0.25, -0.2) is 4.98 Å². The summed E-state index contributed by atoms with van der Waals surface area (Å²) in [6.45, 7) is -0.443. The van der Waals surface area contributed by atoms with Gasteiger partial charge in [0, 0.05) is 31.3 Å². The van der Waals surface area contributed by atoms with Crippen molar-refractivity contribution in [3.8, 4) is 0 Å². The van der Waals surface area contributed by atoms with Gasteiger partial charge in [-0.1, -0.05) is 48.5 Å². The summed E-state index contributed by atoms with van der Waals surface area (Å²) in [5.74, 6) is -6.12. The molecule has 4 rings (SSSR count). The number of amides is 6. The maximum atomic E-state index is 14.0. The third-order valence-electron chi connectivity index (χ3n) is 9.39. The lowest BCUT2D eigenvalue weighted by molar-refractivity contribution is -0.141. The Balaban J connectivity index is 1.46. The molecule has 23 nitrogen and oxygen atoms in total. The molecule has 1 aliphatic heterocycles. The van der Waals surface area contributed by atoms with Crippen LogP contribution in [-0.2, 0) is 45.3 Å². The summed E-state index contributed by atoms with van der Waals surface area (Å²) < 4.78 is 32.6. The Bertz CT molecular complexity index is 2310. The number of anilines is 1. The number of rotatable bonds is 18. The number of guanidine groups is 1. The van der Waals surface area contributed by atoms with E-state index in [9.17, 15) is 51.6 Å². The largest absolute Gasteiger partial charge is 0.481 e. The van der Waals surface area contributed by atoms with Crippen LogP contribution in [0.25, 0.3) is 0 Å². The molecular formula is C40H50N12O11S. The number of benzene rings is 2. The van der Waals surface area contributed by atoms with Crippen molar-refractivity contribution in [1.82, 2.24) is 36.9 Å². The number of aliphatic imine (C=N–C) groups is 1. The SMILES string of the molecule is NC(N)=NCCCC1NC(=O)CNC(=O)[C@@H](CC(=O)O)NC(=O)[C@@H](Cc2ccccc2)NC(=O)[C@@H](CCCCNC(=O)c2ccc(N/N=C/c3ccccc3S(=O)(=O)O)nc2)NC1=O. The molecule has 4 atom stereocenters. The number of unbranched alkanes of at least 4 members (excludes halogenated alkanes) is 1. The van der Waals surface area contributed by atoms with Gasteiger partial charge in [0.1, 0.15) is 34.9 Å². The maximum Gasteiger partial charge on any atom is 0.305 e. The molecule has 24 heteroatoms. The van der Waals surface area contributed by atoms with E-state index in [2.05, 4.69) is 52.4 Å². The van der Waals surface area contributed by atoms with Crippen molar-refractivity contribution in [3.05, 3.63) is 89.6 Å². The minimum atomic E-state index is -4.48. The number of nitrogens with two attached hydrogens (primary N) is 2. The van der Waals surface area contributed by atoms with Crippen LogP contribution in [0.15, 0.2) is 87.9 Å². The van der Waals surface area contributed by atoms with E-state index >= 15 is 0 Å². The van der Waals surface area contributed by atoms with Gasteiger partial charge >= 0.3 is 5.97 Å². The van der Waals surface area contributed by atoms with Crippen LogP contribution in [0.3, 0.4) is 0 Å². The van der Waals surface area contributed by atoms with Crippen molar-refractivity contribution < 1.29 is 51.6 Å². The molecule has 0 aliphatic carbocycles. The Kier molecular flexibility index (Phi) is 18.6. The Morgan fingerprint density at radius 1 is 0.797 bits per heavy atom. The molecule has 0 saturated carbocycles. The van der Waals surface area contributed by atoms with Gasteiger partial charge in [-0.3, -0.25) is 48.5 Å². The summed E-state index contributed by atoms with van der Waals surface area (Å²) in [7, 11) is -4.48. The maximum absolute atomic E-state index is 14.0. The molecule has 1 aliphatic rings. The van der Waals surface area contributed by atoms with Crippen molar-refractivity contribution in [1.29, 1.82) is 0 Å². The van der Waals surface area contributed by atoms with Gasteiger partial charge < -0.3 is 48.5 Å². The molecule has 0 radical (unpaired) electrons. The third-order valence-corrected chi connectivity index (χ3v) is 10.3. The number of nitrogens with zero attached hydrogens (tertiary/aromatic N) is 3. The number of hydrazone groups is 1. The fourth-order valence-electron chi connectivity index (χ4n) is 6.20. The van der Waals surface area contributed by atoms with Gasteiger partial charge in [0.15, 0.2) is 5.96 Å². The van der Waals surface area contributed by atoms with Crippen LogP contribution in [-0.4, -0.2) is 120 Å². The van der Waals surface area contributed by atoms with E-state index in [0.717, 1.165) is 0 Å². The molecule has 1 unspecified atom stereocenters. The Hall–Kier alpha value is -7.47. The monoisotopic (exact) mass is 906 g/mol. The lowest BCUT2D eigenvalue weighted by Gasteiger charge is -2.26. The van der Waals surface area contributed by atoms with E-state index in [1.165, 1.54) is 42.7 Å². The van der Waals surface area contributed by atoms with Gasteiger partial charge in [0.2, 0.25) is 29.5 Å². The van der Waals surface area contributed by atoms with Crippen LogP contribution < -0.4 is 48.8 Å². The summed E-state index contributed by atoms with van der Waals surface area (Å²) in [4.78, 5) is 99.8. The number of carboxylic acids is 1. The van der Waals surface area contributed by atoms with E-state index in [4.69, 9.17) is 11.5 Å². The van der Waals surface area contributed by atoms with Gasteiger partial charge in [0.25, 0.3) is 16.0 Å². The first kappa shape index (κ1) is 49.2. The molecule has 13 N–H and O–H groups in total. The molecule has 1 aromatic heterocycles. The lowest BCUT2D eigenvalue weighted by Crippen LogP contribution is -2.58. The minimum Gasteiger partial charge on any atom is -0.481 e. The zero-order valence-corrected chi connectivity index (χ0v) is 35.2. The van der Waals surface area contributed by atoms with Gasteiger partial charge in [-0.2, -0.15) is 13.5 Å². The number of aliphatic carboxylic acids is 1. The zero-order valence-electron chi connectivity index (χ0n) is 34.4. The average Bonchev–Trinajstić information content (AvgIpc) is 3.25. The minimum absolute atomic E-state index is 0.000612. The number of carbonyl (C=O) groups is 7. The van der Waals surface area contributed by atoms with E-state index in [0.29, 0.717) is 12.0 Å². The number of aromatic nitrogens is 1. The van der Waals surface area contributed by atoms with Gasteiger partial charge in [0.05, 0.1) is 24.7 Å². The first-order valence-electron chi connectivity index (χ1n) is 19.9. The first-order chi connectivity index (χ1) is 30.5. The number of hydrogen-bond acceptors (Lipinski definition) is 13. The molecular weight excluding hydrogens is 857 g/mol. The topological polar surface area (TPSA) is 368 Å². The fraction of sp³-hybridized carbons (Fsp3) is 0.350. The van der Waals surface area contributed by atoms with E-state index < -0.39 is 88.7 Å².